The Kier molecular flexibility index (Phi) is 8.05. The number of hydrogen-bond donors (Lipinski definition) is 1. The number of benzene rings is 3. The number of carbonyl (C=O) groups is 2. The standard InChI is InChI=1S/C31H33NO6/c1-21-12-13-24-19-32(27(31(34)35)18-26(24)28(21)37-20-22-8-4-2-5-9-22)30(33)29(23-10-6-3-7-11-23)38-25-14-16-36-17-15-25/h2-13,25,27,29H,14-20H2,1H3,(H,34,35)/t27?,29-/m1/s1. The molecule has 3 aromatic carbocycles. The minimum Gasteiger partial charge on any atom is -0.488 e. The Labute approximate surface area is 222 Å². The Hall–Kier alpha value is -3.68. The Morgan fingerprint density at radius 1 is 1.00 bits per heavy atom. The highest BCUT2D eigenvalue weighted by atomic mass is 16.5. The van der Waals surface area contributed by atoms with Crippen LogP contribution in [-0.4, -0.2) is 47.2 Å². The van der Waals surface area contributed by atoms with Gasteiger partial charge in [-0.15, -0.1) is 0 Å². The van der Waals surface area contributed by atoms with Crippen LogP contribution in [0.3, 0.4) is 0 Å². The quantitative estimate of drug-likeness (QED) is 0.462. The number of rotatable bonds is 8. The fraction of sp³-hybridized carbons (Fsp3) is 0.355. The molecule has 0 radical (unpaired) electrons. The first-order valence-electron chi connectivity index (χ1n) is 13.1. The van der Waals surface area contributed by atoms with Gasteiger partial charge in [-0.05, 0) is 42.0 Å². The summed E-state index contributed by atoms with van der Waals surface area (Å²) >= 11 is 0. The lowest BCUT2D eigenvalue weighted by Crippen LogP contribution is -2.51. The highest BCUT2D eigenvalue weighted by Crippen LogP contribution is 2.36. The monoisotopic (exact) mass is 515 g/mol. The van der Waals surface area contributed by atoms with Gasteiger partial charge in [-0.3, -0.25) is 4.79 Å². The molecule has 0 bridgehead atoms. The minimum atomic E-state index is -1.04. The van der Waals surface area contributed by atoms with Gasteiger partial charge >= 0.3 is 5.97 Å². The van der Waals surface area contributed by atoms with Gasteiger partial charge in [-0.25, -0.2) is 4.79 Å². The number of amides is 1. The lowest BCUT2D eigenvalue weighted by atomic mass is 9.90. The lowest BCUT2D eigenvalue weighted by Gasteiger charge is -2.38. The number of nitrogens with zero attached hydrogens (tertiary/aromatic N) is 1. The van der Waals surface area contributed by atoms with Crippen molar-refractivity contribution in [1.29, 1.82) is 0 Å². The zero-order chi connectivity index (χ0) is 26.5. The van der Waals surface area contributed by atoms with E-state index in [2.05, 4.69) is 0 Å². The van der Waals surface area contributed by atoms with Crippen LogP contribution in [0, 0.1) is 6.92 Å². The Bertz CT molecular complexity index is 1260. The van der Waals surface area contributed by atoms with Crippen molar-refractivity contribution < 1.29 is 28.9 Å². The number of hydrogen-bond acceptors (Lipinski definition) is 5. The third-order valence-electron chi connectivity index (χ3n) is 7.29. The van der Waals surface area contributed by atoms with E-state index >= 15 is 0 Å². The van der Waals surface area contributed by atoms with E-state index in [4.69, 9.17) is 14.2 Å². The van der Waals surface area contributed by atoms with Crippen LogP contribution < -0.4 is 4.74 Å². The maximum Gasteiger partial charge on any atom is 0.326 e. The van der Waals surface area contributed by atoms with Gasteiger partial charge in [0.1, 0.15) is 18.4 Å². The maximum atomic E-state index is 14.0. The zero-order valence-corrected chi connectivity index (χ0v) is 21.5. The van der Waals surface area contributed by atoms with Crippen molar-refractivity contribution in [2.75, 3.05) is 13.2 Å². The van der Waals surface area contributed by atoms with Gasteiger partial charge in [0.25, 0.3) is 5.91 Å². The third kappa shape index (κ3) is 5.74. The molecule has 0 spiro atoms. The molecule has 3 aromatic rings. The summed E-state index contributed by atoms with van der Waals surface area (Å²) in [7, 11) is 0. The average Bonchev–Trinajstić information content (AvgIpc) is 2.96. The van der Waals surface area contributed by atoms with Crippen molar-refractivity contribution in [3.8, 4) is 5.75 Å². The van der Waals surface area contributed by atoms with Crippen LogP contribution in [0.2, 0.25) is 0 Å². The van der Waals surface area contributed by atoms with Crippen molar-refractivity contribution >= 4 is 11.9 Å². The molecule has 1 unspecified atom stereocenters. The summed E-state index contributed by atoms with van der Waals surface area (Å²) in [6.45, 7) is 3.68. The SMILES string of the molecule is Cc1ccc2c(c1OCc1ccccc1)CC(C(=O)O)N(C(=O)[C@H](OC1CCOCC1)c1ccccc1)C2. The average molecular weight is 516 g/mol. The van der Waals surface area contributed by atoms with Crippen LogP contribution in [0.4, 0.5) is 0 Å². The smallest absolute Gasteiger partial charge is 0.326 e. The molecular weight excluding hydrogens is 482 g/mol. The number of aryl methyl sites for hydroxylation is 1. The number of ether oxygens (including phenoxy) is 3. The molecule has 1 saturated heterocycles. The zero-order valence-electron chi connectivity index (χ0n) is 21.5. The molecule has 0 aromatic heterocycles. The third-order valence-corrected chi connectivity index (χ3v) is 7.29. The predicted molar refractivity (Wildman–Crippen MR) is 142 cm³/mol. The Morgan fingerprint density at radius 3 is 2.37 bits per heavy atom. The molecule has 5 rings (SSSR count). The van der Waals surface area contributed by atoms with Crippen molar-refractivity contribution in [1.82, 2.24) is 4.90 Å². The number of fused-ring (bicyclic) bond motifs is 1. The van der Waals surface area contributed by atoms with Gasteiger partial charge < -0.3 is 24.2 Å². The predicted octanol–water partition coefficient (Wildman–Crippen LogP) is 4.85. The van der Waals surface area contributed by atoms with Crippen LogP contribution in [0.1, 0.15) is 46.8 Å². The number of carboxylic acid groups (broad SMARTS) is 1. The molecule has 7 heteroatoms. The van der Waals surface area contributed by atoms with Crippen LogP contribution >= 0.6 is 0 Å². The van der Waals surface area contributed by atoms with E-state index in [9.17, 15) is 14.7 Å². The number of carbonyl (C=O) groups excluding carboxylic acids is 1. The van der Waals surface area contributed by atoms with Crippen molar-refractivity contribution in [2.24, 2.45) is 0 Å². The van der Waals surface area contributed by atoms with Gasteiger partial charge in [0.05, 0.1) is 6.10 Å². The first-order chi connectivity index (χ1) is 18.5. The summed E-state index contributed by atoms with van der Waals surface area (Å²) in [5, 5.41) is 10.2. The van der Waals surface area contributed by atoms with Crippen molar-refractivity contribution in [3.63, 3.8) is 0 Å². The van der Waals surface area contributed by atoms with Crippen LogP contribution in [0.15, 0.2) is 72.8 Å². The second-order valence-electron chi connectivity index (χ2n) is 9.89. The summed E-state index contributed by atoms with van der Waals surface area (Å²) in [6.07, 6.45) is 0.550. The summed E-state index contributed by atoms with van der Waals surface area (Å²) in [4.78, 5) is 28.0. The molecule has 1 N–H and O–H groups in total. The molecular formula is C31H33NO6. The van der Waals surface area contributed by atoms with Crippen molar-refractivity contribution in [2.45, 2.75) is 57.6 Å². The van der Waals surface area contributed by atoms with Gasteiger partial charge in [-0.1, -0.05) is 72.8 Å². The number of carboxylic acids is 1. The van der Waals surface area contributed by atoms with E-state index < -0.39 is 18.1 Å². The van der Waals surface area contributed by atoms with E-state index in [0.717, 1.165) is 27.8 Å². The first-order valence-corrected chi connectivity index (χ1v) is 13.1. The first kappa shape index (κ1) is 25.9. The van der Waals surface area contributed by atoms with Gasteiger partial charge in [0.2, 0.25) is 0 Å². The molecule has 198 valence electrons. The van der Waals surface area contributed by atoms with E-state index in [1.54, 1.807) is 0 Å². The van der Waals surface area contributed by atoms with E-state index in [1.807, 2.05) is 79.7 Å². The highest BCUT2D eigenvalue weighted by Gasteiger charge is 2.40. The maximum absolute atomic E-state index is 14.0. The molecule has 1 fully saturated rings. The molecule has 2 aliphatic heterocycles. The second-order valence-corrected chi connectivity index (χ2v) is 9.89. The normalized spacial score (nSPS) is 18.4. The summed E-state index contributed by atoms with van der Waals surface area (Å²) < 4.78 is 18.0. The summed E-state index contributed by atoms with van der Waals surface area (Å²) in [6, 6.07) is 22.1. The highest BCUT2D eigenvalue weighted by molar-refractivity contribution is 5.88. The van der Waals surface area contributed by atoms with Crippen molar-refractivity contribution in [3.05, 3.63) is 101 Å². The minimum absolute atomic E-state index is 0.126. The van der Waals surface area contributed by atoms with E-state index in [-0.39, 0.29) is 25.0 Å². The van der Waals surface area contributed by atoms with E-state index in [1.165, 1.54) is 4.90 Å². The number of aliphatic carboxylic acids is 1. The largest absolute Gasteiger partial charge is 0.488 e. The Balaban J connectivity index is 1.44. The lowest BCUT2D eigenvalue weighted by molar-refractivity contribution is -0.162. The van der Waals surface area contributed by atoms with Crippen LogP contribution in [0.25, 0.3) is 0 Å². The molecule has 0 saturated carbocycles. The summed E-state index contributed by atoms with van der Waals surface area (Å²) in [5.41, 5.74) is 4.42. The Morgan fingerprint density at radius 2 is 1.68 bits per heavy atom. The topological polar surface area (TPSA) is 85.3 Å². The van der Waals surface area contributed by atoms with Gasteiger partial charge in [-0.2, -0.15) is 0 Å². The van der Waals surface area contributed by atoms with Gasteiger partial charge in [0.15, 0.2) is 6.10 Å². The molecule has 1 amide bonds. The van der Waals surface area contributed by atoms with Gasteiger partial charge in [0, 0.05) is 31.7 Å². The fourth-order valence-electron chi connectivity index (χ4n) is 5.20. The second kappa shape index (κ2) is 11.8. The van der Waals surface area contributed by atoms with Crippen LogP contribution in [0.5, 0.6) is 5.75 Å². The molecule has 38 heavy (non-hydrogen) atoms. The van der Waals surface area contributed by atoms with Crippen LogP contribution in [-0.2, 0) is 38.6 Å². The fourth-order valence-corrected chi connectivity index (χ4v) is 5.20. The summed E-state index contributed by atoms with van der Waals surface area (Å²) in [5.74, 6) is -0.687. The molecule has 2 aliphatic rings. The molecule has 2 heterocycles. The molecule has 0 aliphatic carbocycles. The van der Waals surface area contributed by atoms with E-state index in [0.29, 0.717) is 38.4 Å². The molecule has 2 atom stereocenters. The molecule has 7 nitrogen and oxygen atoms in total.